The Labute approximate surface area is 274 Å². The normalized spacial score (nSPS) is 17.0. The van der Waals surface area contributed by atoms with Gasteiger partial charge in [-0.1, -0.05) is 23.5 Å². The van der Waals surface area contributed by atoms with Crippen LogP contribution in [0.15, 0.2) is 77.1 Å². The fraction of sp³-hybridized carbons (Fsp3) is 0.297. The number of carbonyl (C=O) groups is 2. The maximum absolute atomic E-state index is 13.7. The molecule has 0 saturated heterocycles. The van der Waals surface area contributed by atoms with Crippen LogP contribution in [0.4, 0.5) is 0 Å². The van der Waals surface area contributed by atoms with Crippen molar-refractivity contribution in [3.05, 3.63) is 105 Å². The van der Waals surface area contributed by atoms with Crippen molar-refractivity contribution in [1.29, 1.82) is 0 Å². The molecular weight excluding hydrogens is 598 g/mol. The summed E-state index contributed by atoms with van der Waals surface area (Å²) in [7, 11) is 1.62. The Bertz CT molecular complexity index is 1900. The first-order valence-electron chi connectivity index (χ1n) is 15.5. The smallest absolute Gasteiger partial charge is 0.359 e. The lowest BCUT2D eigenvalue weighted by Gasteiger charge is -2.32. The minimum Gasteiger partial charge on any atom is -0.871 e. The highest BCUT2D eigenvalue weighted by atomic mass is 16.5. The van der Waals surface area contributed by atoms with E-state index in [9.17, 15) is 19.8 Å². The number of methoxy groups -OCH3 is 1. The third-order valence-corrected chi connectivity index (χ3v) is 8.25. The summed E-state index contributed by atoms with van der Waals surface area (Å²) >= 11 is 0. The van der Waals surface area contributed by atoms with Gasteiger partial charge in [-0.2, -0.15) is 9.78 Å². The number of aryl methyl sites for hydroxylation is 3. The molecule has 1 aromatic heterocycles. The van der Waals surface area contributed by atoms with Gasteiger partial charge >= 0.3 is 5.97 Å². The maximum atomic E-state index is 13.7. The largest absolute Gasteiger partial charge is 0.871 e. The number of hydrogen-bond acceptors (Lipinski definition) is 8. The highest BCUT2D eigenvalue weighted by Crippen LogP contribution is 2.44. The van der Waals surface area contributed by atoms with Gasteiger partial charge in [0, 0.05) is 23.3 Å². The number of ketones is 1. The number of carbonyl (C=O) groups excluding carboxylic acids is 2. The average Bonchev–Trinajstić information content (AvgIpc) is 3.36. The van der Waals surface area contributed by atoms with Crippen molar-refractivity contribution in [2.24, 2.45) is 0 Å². The van der Waals surface area contributed by atoms with E-state index in [1.807, 2.05) is 83.2 Å². The third-order valence-electron chi connectivity index (χ3n) is 8.25. The summed E-state index contributed by atoms with van der Waals surface area (Å²) in [5, 5.41) is 29.5. The van der Waals surface area contributed by atoms with E-state index in [0.29, 0.717) is 24.4 Å². The molecule has 47 heavy (non-hydrogen) atoms. The van der Waals surface area contributed by atoms with Crippen LogP contribution in [0.3, 0.4) is 0 Å². The summed E-state index contributed by atoms with van der Waals surface area (Å²) in [4.78, 5) is 26.7. The number of allylic oxidation sites excluding steroid dienone is 7. The Morgan fingerprint density at radius 3 is 2.23 bits per heavy atom. The Morgan fingerprint density at radius 2 is 1.66 bits per heavy atom. The number of esters is 1. The molecule has 0 saturated carbocycles. The summed E-state index contributed by atoms with van der Waals surface area (Å²) in [6, 6.07) is 11.2. The van der Waals surface area contributed by atoms with Crippen molar-refractivity contribution in [3.8, 4) is 23.1 Å². The summed E-state index contributed by atoms with van der Waals surface area (Å²) in [6.07, 6.45) is 5.56. The molecule has 244 valence electrons. The van der Waals surface area contributed by atoms with Crippen molar-refractivity contribution in [2.75, 3.05) is 33.4 Å². The van der Waals surface area contributed by atoms with Crippen molar-refractivity contribution < 1.29 is 38.6 Å². The van der Waals surface area contributed by atoms with Gasteiger partial charge in [0.05, 0.1) is 25.0 Å². The molecule has 1 heterocycles. The second kappa shape index (κ2) is 13.5. The van der Waals surface area contributed by atoms with E-state index >= 15 is 0 Å². The minimum atomic E-state index is -0.836. The lowest BCUT2D eigenvalue weighted by molar-refractivity contribution is -0.524. The first-order chi connectivity index (χ1) is 22.5. The monoisotopic (exact) mass is 637 g/mol. The SMILES string of the molecule is CCOC(=O)c1nn(-c2c(C)cc(C)cc2C)c(O)c1C1=C([O-])/C(=C2C=C/C(=[N+](/CC)CCOc3ccc(OC)cc3)C=C/2C)C1=O. The van der Waals surface area contributed by atoms with Crippen LogP contribution in [-0.4, -0.2) is 70.3 Å². The number of likely N-dealkylation sites (N-methyl/N-ethyl adjacent to an activating group) is 1. The molecule has 0 atom stereocenters. The number of Topliss-reactive ketones (excluding diaryl/α,β-unsaturated/α-hetero) is 1. The highest BCUT2D eigenvalue weighted by Gasteiger charge is 2.39. The first kappa shape index (κ1) is 33.0. The second-order valence-electron chi connectivity index (χ2n) is 11.4. The van der Waals surface area contributed by atoms with Crippen LogP contribution < -0.4 is 14.6 Å². The zero-order valence-corrected chi connectivity index (χ0v) is 27.8. The van der Waals surface area contributed by atoms with Gasteiger partial charge in [-0.05, 0) is 94.2 Å². The molecule has 10 heteroatoms. The van der Waals surface area contributed by atoms with Gasteiger partial charge in [0.15, 0.2) is 23.7 Å². The Morgan fingerprint density at radius 1 is 1.00 bits per heavy atom. The number of nitrogens with zero attached hydrogens (tertiary/aromatic N) is 3. The number of benzene rings is 2. The quantitative estimate of drug-likeness (QED) is 0.193. The zero-order valence-electron chi connectivity index (χ0n) is 27.8. The molecule has 0 amide bonds. The summed E-state index contributed by atoms with van der Waals surface area (Å²) in [5.74, 6) is -0.941. The molecule has 2 aliphatic carbocycles. The van der Waals surface area contributed by atoms with Crippen LogP contribution in [-0.2, 0) is 9.53 Å². The van der Waals surface area contributed by atoms with E-state index in [0.717, 1.165) is 46.0 Å². The molecule has 0 fully saturated rings. The lowest BCUT2D eigenvalue weighted by Crippen LogP contribution is -2.31. The summed E-state index contributed by atoms with van der Waals surface area (Å²) < 4.78 is 19.6. The summed E-state index contributed by atoms with van der Waals surface area (Å²) in [6.45, 7) is 13.0. The molecule has 0 aliphatic heterocycles. The van der Waals surface area contributed by atoms with Gasteiger partial charge < -0.3 is 24.4 Å². The van der Waals surface area contributed by atoms with Crippen LogP contribution >= 0.6 is 0 Å². The molecule has 0 bridgehead atoms. The van der Waals surface area contributed by atoms with Crippen molar-refractivity contribution in [2.45, 2.75) is 41.5 Å². The summed E-state index contributed by atoms with van der Waals surface area (Å²) in [5.41, 5.74) is 4.53. The predicted octanol–water partition coefficient (Wildman–Crippen LogP) is 4.71. The highest BCUT2D eigenvalue weighted by molar-refractivity contribution is 6.40. The minimum absolute atomic E-state index is 0.000376. The maximum Gasteiger partial charge on any atom is 0.359 e. The van der Waals surface area contributed by atoms with Gasteiger partial charge in [0.25, 0.3) is 0 Å². The number of hydrogen-bond donors (Lipinski definition) is 1. The van der Waals surface area contributed by atoms with Gasteiger partial charge in [-0.25, -0.2) is 9.37 Å². The zero-order chi connectivity index (χ0) is 34.0. The standard InChI is InChI=1S/C37H39N3O7/c1-8-39(16-17-47-27-13-11-26(45-7)12-14-27)25-10-15-28(22(4)20-25)29-34(41)31(35(29)42)30-32(37(44)46-9-2)38-40(36(30)43)33-23(5)18-21(3)19-24(33)6/h10-15,18-20H,8-9,16-17H2,1-7H3,(H,41,42). The molecule has 0 unspecified atom stereocenters. The predicted molar refractivity (Wildman–Crippen MR) is 176 cm³/mol. The van der Waals surface area contributed by atoms with Crippen LogP contribution in [0, 0.1) is 20.8 Å². The number of rotatable bonds is 10. The van der Waals surface area contributed by atoms with E-state index in [4.69, 9.17) is 14.2 Å². The van der Waals surface area contributed by atoms with Gasteiger partial charge in [0.1, 0.15) is 24.7 Å². The molecular formula is C37H39N3O7. The van der Waals surface area contributed by atoms with Crippen LogP contribution in [0.25, 0.3) is 11.3 Å². The molecule has 0 spiro atoms. The van der Waals surface area contributed by atoms with E-state index < -0.39 is 23.4 Å². The average molecular weight is 638 g/mol. The number of aromatic hydroxyl groups is 1. The molecule has 3 aromatic rings. The van der Waals surface area contributed by atoms with Crippen molar-refractivity contribution in [1.82, 2.24) is 9.78 Å². The topological polar surface area (TPSA) is 126 Å². The Kier molecular flexibility index (Phi) is 9.51. The van der Waals surface area contributed by atoms with E-state index in [2.05, 4.69) is 9.67 Å². The molecule has 2 aromatic carbocycles. The van der Waals surface area contributed by atoms with Gasteiger partial charge in [-0.3, -0.25) is 4.79 Å². The third kappa shape index (κ3) is 6.23. The molecule has 1 N–H and O–H groups in total. The van der Waals surface area contributed by atoms with Crippen molar-refractivity contribution in [3.63, 3.8) is 0 Å². The molecule has 10 nitrogen and oxygen atoms in total. The first-order valence-corrected chi connectivity index (χ1v) is 15.5. The molecule has 2 aliphatic rings. The van der Waals surface area contributed by atoms with E-state index in [1.165, 1.54) is 4.68 Å². The van der Waals surface area contributed by atoms with E-state index in [1.54, 1.807) is 20.1 Å². The fourth-order valence-corrected chi connectivity index (χ4v) is 6.05. The number of ether oxygens (including phenoxy) is 3. The molecule has 5 rings (SSSR count). The van der Waals surface area contributed by atoms with Crippen LogP contribution in [0.1, 0.15) is 53.5 Å². The Balaban J connectivity index is 1.48. The van der Waals surface area contributed by atoms with Crippen LogP contribution in [0.2, 0.25) is 0 Å². The fourth-order valence-electron chi connectivity index (χ4n) is 6.05. The van der Waals surface area contributed by atoms with E-state index in [-0.39, 0.29) is 29.0 Å². The second-order valence-corrected chi connectivity index (χ2v) is 11.4. The van der Waals surface area contributed by atoms with Crippen LogP contribution in [0.5, 0.6) is 17.4 Å². The van der Waals surface area contributed by atoms with Gasteiger partial charge in [0.2, 0.25) is 5.88 Å². The van der Waals surface area contributed by atoms with Crippen molar-refractivity contribution >= 4 is 23.0 Å². The lowest BCUT2D eigenvalue weighted by atomic mass is 9.78. The molecule has 0 radical (unpaired) electrons. The Hall–Kier alpha value is -5.38. The number of aromatic nitrogens is 2. The van der Waals surface area contributed by atoms with Gasteiger partial charge in [-0.15, -0.1) is 0 Å².